The Labute approximate surface area is 152 Å². The van der Waals surface area contributed by atoms with Crippen molar-refractivity contribution in [3.8, 4) is 23.0 Å². The van der Waals surface area contributed by atoms with Crippen molar-refractivity contribution in [3.05, 3.63) is 40.9 Å². The third-order valence-electron chi connectivity index (χ3n) is 3.78. The summed E-state index contributed by atoms with van der Waals surface area (Å²) < 4.78 is 22.2. The van der Waals surface area contributed by atoms with Gasteiger partial charge in [-0.3, -0.25) is 0 Å². The second kappa shape index (κ2) is 8.21. The zero-order valence-electron chi connectivity index (χ0n) is 14.4. The first-order chi connectivity index (χ1) is 12.2. The van der Waals surface area contributed by atoms with Crippen molar-refractivity contribution in [2.45, 2.75) is 19.9 Å². The number of halogens is 1. The van der Waals surface area contributed by atoms with Gasteiger partial charge in [0.05, 0.1) is 18.7 Å². The molecule has 1 N–H and O–H groups in total. The number of hydrogen-bond acceptors (Lipinski definition) is 5. The van der Waals surface area contributed by atoms with Crippen molar-refractivity contribution in [1.29, 1.82) is 0 Å². The number of rotatable bonds is 7. The molecule has 3 rings (SSSR count). The van der Waals surface area contributed by atoms with Crippen LogP contribution in [0.1, 0.15) is 18.9 Å². The highest BCUT2D eigenvalue weighted by molar-refractivity contribution is 6.32. The van der Waals surface area contributed by atoms with Crippen molar-refractivity contribution in [2.75, 3.05) is 32.2 Å². The van der Waals surface area contributed by atoms with Crippen LogP contribution in [0.4, 0.5) is 5.69 Å². The quantitative estimate of drug-likeness (QED) is 0.783. The summed E-state index contributed by atoms with van der Waals surface area (Å²) in [4.78, 5) is 0. The second-order valence-electron chi connectivity index (χ2n) is 5.67. The Morgan fingerprint density at radius 3 is 2.68 bits per heavy atom. The van der Waals surface area contributed by atoms with E-state index in [2.05, 4.69) is 5.32 Å². The molecule has 25 heavy (non-hydrogen) atoms. The minimum atomic E-state index is 0.548. The Bertz CT molecular complexity index is 736. The minimum absolute atomic E-state index is 0.548. The number of ether oxygens (including phenoxy) is 4. The van der Waals surface area contributed by atoms with Gasteiger partial charge in [-0.2, -0.15) is 0 Å². The zero-order valence-corrected chi connectivity index (χ0v) is 15.2. The topological polar surface area (TPSA) is 49.0 Å². The molecule has 1 aliphatic heterocycles. The van der Waals surface area contributed by atoms with Gasteiger partial charge in [-0.15, -0.1) is 0 Å². The molecule has 0 bridgehead atoms. The summed E-state index contributed by atoms with van der Waals surface area (Å²) in [5, 5.41) is 3.91. The molecular formula is C19H22ClNO4. The third kappa shape index (κ3) is 4.23. The largest absolute Gasteiger partial charge is 0.493 e. The highest BCUT2D eigenvalue weighted by atomic mass is 35.5. The van der Waals surface area contributed by atoms with Crippen LogP contribution in [0.3, 0.4) is 0 Å². The van der Waals surface area contributed by atoms with E-state index in [9.17, 15) is 0 Å². The molecule has 0 unspecified atom stereocenters. The maximum atomic E-state index is 6.36. The molecule has 1 heterocycles. The number of hydrogen-bond donors (Lipinski definition) is 1. The van der Waals surface area contributed by atoms with E-state index < -0.39 is 0 Å². The number of fused-ring (bicyclic) bond motifs is 1. The first-order valence-electron chi connectivity index (χ1n) is 8.34. The van der Waals surface area contributed by atoms with Gasteiger partial charge in [-0.1, -0.05) is 18.5 Å². The lowest BCUT2D eigenvalue weighted by molar-refractivity contribution is 0.171. The van der Waals surface area contributed by atoms with Crippen LogP contribution in [0.25, 0.3) is 0 Å². The Kier molecular flexibility index (Phi) is 5.76. The van der Waals surface area contributed by atoms with E-state index in [1.807, 2.05) is 37.3 Å². The van der Waals surface area contributed by atoms with Gasteiger partial charge < -0.3 is 24.3 Å². The van der Waals surface area contributed by atoms with Gasteiger partial charge in [0.25, 0.3) is 0 Å². The fourth-order valence-corrected chi connectivity index (χ4v) is 2.86. The molecule has 0 spiro atoms. The van der Waals surface area contributed by atoms with E-state index in [1.165, 1.54) is 0 Å². The SMILES string of the molecule is CCCOc1c(Cl)cc(CNc2ccc3c(c2)OCCO3)cc1OC. The summed E-state index contributed by atoms with van der Waals surface area (Å²) in [7, 11) is 1.61. The summed E-state index contributed by atoms with van der Waals surface area (Å²) in [6.45, 7) is 4.41. The summed E-state index contributed by atoms with van der Waals surface area (Å²) in [6, 6.07) is 9.63. The summed E-state index contributed by atoms with van der Waals surface area (Å²) >= 11 is 6.36. The maximum Gasteiger partial charge on any atom is 0.179 e. The van der Waals surface area contributed by atoms with Crippen molar-refractivity contribution in [3.63, 3.8) is 0 Å². The van der Waals surface area contributed by atoms with Crippen LogP contribution in [0.15, 0.2) is 30.3 Å². The molecule has 134 valence electrons. The van der Waals surface area contributed by atoms with Crippen LogP contribution < -0.4 is 24.3 Å². The molecule has 5 nitrogen and oxygen atoms in total. The molecule has 0 saturated carbocycles. The predicted molar refractivity (Wildman–Crippen MR) is 98.5 cm³/mol. The third-order valence-corrected chi connectivity index (χ3v) is 4.06. The van der Waals surface area contributed by atoms with Crippen LogP contribution in [0.5, 0.6) is 23.0 Å². The summed E-state index contributed by atoms with van der Waals surface area (Å²) in [6.07, 6.45) is 0.910. The Morgan fingerprint density at radius 2 is 1.92 bits per heavy atom. The fourth-order valence-electron chi connectivity index (χ4n) is 2.58. The lowest BCUT2D eigenvalue weighted by Gasteiger charge is -2.19. The fraction of sp³-hybridized carbons (Fsp3) is 0.368. The minimum Gasteiger partial charge on any atom is -0.493 e. The van der Waals surface area contributed by atoms with Crippen molar-refractivity contribution < 1.29 is 18.9 Å². The average molecular weight is 364 g/mol. The van der Waals surface area contributed by atoms with Gasteiger partial charge in [0.2, 0.25) is 0 Å². The predicted octanol–water partition coefficient (Wildman–Crippen LogP) is 4.52. The monoisotopic (exact) mass is 363 g/mol. The van der Waals surface area contributed by atoms with Crippen LogP contribution in [-0.2, 0) is 6.54 Å². The first kappa shape index (κ1) is 17.5. The van der Waals surface area contributed by atoms with Crippen LogP contribution in [-0.4, -0.2) is 26.9 Å². The van der Waals surface area contributed by atoms with Crippen LogP contribution in [0.2, 0.25) is 5.02 Å². The second-order valence-corrected chi connectivity index (χ2v) is 6.08. The van der Waals surface area contributed by atoms with Gasteiger partial charge in [-0.25, -0.2) is 0 Å². The number of anilines is 1. The molecule has 0 radical (unpaired) electrons. The molecule has 2 aromatic rings. The molecule has 0 amide bonds. The smallest absolute Gasteiger partial charge is 0.179 e. The van der Waals surface area contributed by atoms with Gasteiger partial charge >= 0.3 is 0 Å². The van der Waals surface area contributed by atoms with E-state index in [-0.39, 0.29) is 0 Å². The summed E-state index contributed by atoms with van der Waals surface area (Å²) in [5.74, 6) is 2.77. The van der Waals surface area contributed by atoms with E-state index >= 15 is 0 Å². The van der Waals surface area contributed by atoms with Crippen molar-refractivity contribution >= 4 is 17.3 Å². The maximum absolute atomic E-state index is 6.36. The lowest BCUT2D eigenvalue weighted by atomic mass is 10.2. The van der Waals surface area contributed by atoms with E-state index in [1.54, 1.807) is 7.11 Å². The molecule has 2 aromatic carbocycles. The van der Waals surface area contributed by atoms with Crippen molar-refractivity contribution in [1.82, 2.24) is 0 Å². The number of methoxy groups -OCH3 is 1. The van der Waals surface area contributed by atoms with Gasteiger partial charge in [0, 0.05) is 18.3 Å². The molecule has 6 heteroatoms. The average Bonchev–Trinajstić information content (AvgIpc) is 2.65. The zero-order chi connectivity index (χ0) is 17.6. The Morgan fingerprint density at radius 1 is 1.12 bits per heavy atom. The number of benzene rings is 2. The molecule has 0 fully saturated rings. The molecule has 0 aliphatic carbocycles. The lowest BCUT2D eigenvalue weighted by Crippen LogP contribution is -2.15. The van der Waals surface area contributed by atoms with Crippen LogP contribution in [0, 0.1) is 0 Å². The Balaban J connectivity index is 1.71. The highest BCUT2D eigenvalue weighted by Crippen LogP contribution is 2.37. The van der Waals surface area contributed by atoms with Gasteiger partial charge in [0.1, 0.15) is 13.2 Å². The first-order valence-corrected chi connectivity index (χ1v) is 8.71. The number of nitrogens with one attached hydrogen (secondary N) is 1. The highest BCUT2D eigenvalue weighted by Gasteiger charge is 2.13. The van der Waals surface area contributed by atoms with E-state index in [4.69, 9.17) is 30.5 Å². The normalized spacial score (nSPS) is 12.6. The molecule has 0 aromatic heterocycles. The molecule has 1 aliphatic rings. The van der Waals surface area contributed by atoms with E-state index in [0.717, 1.165) is 29.2 Å². The van der Waals surface area contributed by atoms with Gasteiger partial charge in [0.15, 0.2) is 23.0 Å². The molecular weight excluding hydrogens is 342 g/mol. The summed E-state index contributed by atoms with van der Waals surface area (Å²) in [5.41, 5.74) is 1.95. The van der Waals surface area contributed by atoms with Gasteiger partial charge in [-0.05, 0) is 36.2 Å². The Hall–Kier alpha value is -2.27. The standard InChI is InChI=1S/C19H22ClNO4/c1-3-6-25-19-15(20)9-13(10-18(19)22-2)12-21-14-4-5-16-17(11-14)24-8-7-23-16/h4-5,9-11,21H,3,6-8,12H2,1-2H3. The van der Waals surface area contributed by atoms with Crippen LogP contribution >= 0.6 is 11.6 Å². The molecule has 0 saturated heterocycles. The van der Waals surface area contributed by atoms with Crippen molar-refractivity contribution in [2.24, 2.45) is 0 Å². The van der Waals surface area contributed by atoms with E-state index in [0.29, 0.717) is 42.9 Å². The molecule has 0 atom stereocenters.